The zero-order valence-electron chi connectivity index (χ0n) is 45.1. The number of rotatable bonds is 47. The lowest BCUT2D eigenvalue weighted by Gasteiger charge is -2.41. The van der Waals surface area contributed by atoms with Crippen molar-refractivity contribution in [3.8, 4) is 0 Å². The van der Waals surface area contributed by atoms with E-state index in [1.165, 1.54) is 135 Å². The van der Waals surface area contributed by atoms with Crippen LogP contribution in [0, 0.1) is 0 Å². The Labute approximate surface area is 432 Å². The first-order chi connectivity index (χ1) is 34.7. The maximum Gasteiger partial charge on any atom is 0.306 e. The second kappa shape index (κ2) is 48.1. The summed E-state index contributed by atoms with van der Waals surface area (Å²) in [5.74, 6) is -1.27. The molecule has 1 heterocycles. The summed E-state index contributed by atoms with van der Waals surface area (Å²) in [6.45, 7) is 5.60. The average Bonchev–Trinajstić information content (AvgIpc) is 3.37. The van der Waals surface area contributed by atoms with Crippen LogP contribution < -0.4 is 5.32 Å². The van der Waals surface area contributed by atoms with E-state index in [9.17, 15) is 35.1 Å². The van der Waals surface area contributed by atoms with E-state index in [4.69, 9.17) is 14.2 Å². The summed E-state index contributed by atoms with van der Waals surface area (Å²) in [5, 5.41) is 56.8. The van der Waals surface area contributed by atoms with Crippen molar-refractivity contribution >= 4 is 11.9 Å². The molecule has 0 bridgehead atoms. The Morgan fingerprint density at radius 2 is 1.01 bits per heavy atom. The number of carbonyl (C=O) groups is 2. The third-order valence-electron chi connectivity index (χ3n) is 13.3. The fourth-order valence-electron chi connectivity index (χ4n) is 8.68. The molecule has 410 valence electrons. The van der Waals surface area contributed by atoms with Crippen LogP contribution in [0.25, 0.3) is 0 Å². The molecular formula is C60H105NO10. The fourth-order valence-corrected chi connectivity index (χ4v) is 8.68. The summed E-state index contributed by atoms with van der Waals surface area (Å²) in [5.41, 5.74) is 0. The van der Waals surface area contributed by atoms with Gasteiger partial charge in [-0.2, -0.15) is 0 Å². The normalized spacial score (nSPS) is 20.1. The second-order valence-electron chi connectivity index (χ2n) is 19.8. The minimum Gasteiger partial charge on any atom is -0.454 e. The van der Waals surface area contributed by atoms with Crippen LogP contribution in [-0.2, 0) is 23.8 Å². The van der Waals surface area contributed by atoms with E-state index < -0.39 is 67.4 Å². The molecule has 0 radical (unpaired) electrons. The molecule has 1 amide bonds. The Bertz CT molecular complexity index is 1430. The van der Waals surface area contributed by atoms with Crippen molar-refractivity contribution < 1.29 is 49.3 Å². The highest BCUT2D eigenvalue weighted by molar-refractivity contribution is 5.80. The Balaban J connectivity index is 2.77. The number of hydrogen-bond acceptors (Lipinski definition) is 10. The van der Waals surface area contributed by atoms with Crippen molar-refractivity contribution in [2.45, 2.75) is 282 Å². The minimum atomic E-state index is -1.64. The molecule has 6 N–H and O–H groups in total. The molecular weight excluding hydrogens is 895 g/mol. The number of aliphatic hydroxyl groups excluding tert-OH is 5. The van der Waals surface area contributed by atoms with Gasteiger partial charge < -0.3 is 45.1 Å². The average molecular weight is 1000 g/mol. The van der Waals surface area contributed by atoms with Crippen molar-refractivity contribution in [3.63, 3.8) is 0 Å². The van der Waals surface area contributed by atoms with E-state index in [-0.39, 0.29) is 19.4 Å². The molecule has 0 aliphatic carbocycles. The Morgan fingerprint density at radius 1 is 0.563 bits per heavy atom. The number of nitrogens with one attached hydrogen (secondary N) is 1. The van der Waals surface area contributed by atoms with E-state index in [1.54, 1.807) is 6.08 Å². The van der Waals surface area contributed by atoms with Gasteiger partial charge in [0, 0.05) is 6.42 Å². The molecule has 0 aromatic carbocycles. The molecule has 1 fully saturated rings. The van der Waals surface area contributed by atoms with Gasteiger partial charge in [0.1, 0.15) is 24.4 Å². The standard InChI is InChI=1S/C60H105NO10/c1-4-7-10-13-16-19-22-25-26-27-30-32-35-38-41-44-47-53(64)59(68)61-51(52(63)46-43-40-37-34-31-28-23-20-17-14-11-8-5-2)50-69-60-58(57(67)56(66)54(49-62)70-60)71-55(65)48-45-42-39-36-33-29-24-21-18-15-12-9-6-3/h9,12,15,18,21,24,29,33,36,39,43,46,51-54,56-58,60,62-64,66-67H,4-8,10-11,13-14,16-17,19-20,22-23,25-28,30-32,34-35,37-38,40-42,44-45,47-50H2,1-3H3,(H,61,68)/b12-9+,18-15+,24-21-,33-29-,39-36+,46-43+. The zero-order valence-corrected chi connectivity index (χ0v) is 45.1. The first kappa shape index (κ1) is 66.1. The lowest BCUT2D eigenvalue weighted by Crippen LogP contribution is -2.61. The van der Waals surface area contributed by atoms with Gasteiger partial charge in [-0.1, -0.05) is 261 Å². The maximum absolute atomic E-state index is 13.4. The molecule has 1 aliphatic rings. The molecule has 8 unspecified atom stereocenters. The van der Waals surface area contributed by atoms with E-state index in [0.29, 0.717) is 19.3 Å². The maximum atomic E-state index is 13.4. The van der Waals surface area contributed by atoms with E-state index in [0.717, 1.165) is 44.9 Å². The summed E-state index contributed by atoms with van der Waals surface area (Å²) in [7, 11) is 0. The molecule has 1 saturated heterocycles. The first-order valence-corrected chi connectivity index (χ1v) is 28.8. The van der Waals surface area contributed by atoms with Crippen LogP contribution in [0.15, 0.2) is 72.9 Å². The second-order valence-corrected chi connectivity index (χ2v) is 19.8. The van der Waals surface area contributed by atoms with E-state index in [1.807, 2.05) is 60.8 Å². The lowest BCUT2D eigenvalue weighted by atomic mass is 9.99. The van der Waals surface area contributed by atoms with E-state index in [2.05, 4.69) is 32.2 Å². The summed E-state index contributed by atoms with van der Waals surface area (Å²) >= 11 is 0. The number of esters is 1. The van der Waals surface area contributed by atoms with Gasteiger partial charge in [-0.3, -0.25) is 9.59 Å². The molecule has 0 aromatic heterocycles. The fraction of sp³-hybridized carbons (Fsp3) is 0.767. The van der Waals surface area contributed by atoms with Gasteiger partial charge in [0.25, 0.3) is 0 Å². The molecule has 0 saturated carbocycles. The van der Waals surface area contributed by atoms with Gasteiger partial charge in [0.05, 0.1) is 25.4 Å². The van der Waals surface area contributed by atoms with Gasteiger partial charge in [-0.15, -0.1) is 0 Å². The number of aliphatic hydroxyl groups is 5. The molecule has 11 nitrogen and oxygen atoms in total. The van der Waals surface area contributed by atoms with Crippen LogP contribution in [-0.4, -0.2) is 99.6 Å². The highest BCUT2D eigenvalue weighted by Gasteiger charge is 2.47. The number of carbonyl (C=O) groups excluding carboxylic acids is 2. The van der Waals surface area contributed by atoms with Crippen molar-refractivity contribution in [2.24, 2.45) is 0 Å². The molecule has 1 rings (SSSR count). The largest absolute Gasteiger partial charge is 0.454 e. The highest BCUT2D eigenvalue weighted by atomic mass is 16.7. The van der Waals surface area contributed by atoms with Crippen molar-refractivity contribution in [3.05, 3.63) is 72.9 Å². The van der Waals surface area contributed by atoms with Gasteiger partial charge in [0.2, 0.25) is 5.91 Å². The monoisotopic (exact) mass is 1000 g/mol. The zero-order chi connectivity index (χ0) is 51.8. The van der Waals surface area contributed by atoms with E-state index >= 15 is 0 Å². The summed E-state index contributed by atoms with van der Waals surface area (Å²) < 4.78 is 17.5. The molecule has 71 heavy (non-hydrogen) atoms. The van der Waals surface area contributed by atoms with Crippen LogP contribution in [0.1, 0.15) is 233 Å². The summed E-state index contributed by atoms with van der Waals surface area (Å²) in [6, 6.07) is -1.04. The predicted molar refractivity (Wildman–Crippen MR) is 292 cm³/mol. The predicted octanol–water partition coefficient (Wildman–Crippen LogP) is 12.8. The van der Waals surface area contributed by atoms with Crippen molar-refractivity contribution in [1.82, 2.24) is 5.32 Å². The van der Waals surface area contributed by atoms with Crippen LogP contribution in [0.2, 0.25) is 0 Å². The van der Waals surface area contributed by atoms with Crippen LogP contribution >= 0.6 is 0 Å². The Morgan fingerprint density at radius 3 is 1.51 bits per heavy atom. The molecule has 0 aromatic rings. The number of allylic oxidation sites excluding steroid dienone is 11. The van der Waals surface area contributed by atoms with Crippen LogP contribution in [0.4, 0.5) is 0 Å². The Hall–Kier alpha value is -2.90. The minimum absolute atomic E-state index is 0.0259. The molecule has 8 atom stereocenters. The van der Waals surface area contributed by atoms with Gasteiger partial charge >= 0.3 is 5.97 Å². The third-order valence-corrected chi connectivity index (χ3v) is 13.3. The SMILES string of the molecule is CC/C=C/C=C/C=C\C=C/C=C/CCCC(=O)OC1C(OCC(NC(=O)C(O)CCCCCCCCCCCCCCCCCC)C(O)/C=C/CCCCCCCCCCCCC)OC(CO)C(O)C1O. The molecule has 0 spiro atoms. The van der Waals surface area contributed by atoms with Crippen LogP contribution in [0.3, 0.4) is 0 Å². The van der Waals surface area contributed by atoms with Crippen molar-refractivity contribution in [2.75, 3.05) is 13.2 Å². The quantitative estimate of drug-likeness (QED) is 0.0149. The summed E-state index contributed by atoms with van der Waals surface area (Å²) in [6.07, 6.45) is 49.6. The van der Waals surface area contributed by atoms with Crippen molar-refractivity contribution in [1.29, 1.82) is 0 Å². The number of amides is 1. The topological polar surface area (TPSA) is 175 Å². The number of ether oxygens (including phenoxy) is 3. The van der Waals surface area contributed by atoms with Crippen LogP contribution in [0.5, 0.6) is 0 Å². The lowest BCUT2D eigenvalue weighted by molar-refractivity contribution is -0.305. The third kappa shape index (κ3) is 36.6. The molecule has 11 heteroatoms. The molecule has 1 aliphatic heterocycles. The summed E-state index contributed by atoms with van der Waals surface area (Å²) in [4.78, 5) is 26.4. The van der Waals surface area contributed by atoms with Gasteiger partial charge in [-0.05, 0) is 38.5 Å². The number of hydrogen-bond donors (Lipinski definition) is 6. The van der Waals surface area contributed by atoms with Gasteiger partial charge in [0.15, 0.2) is 12.4 Å². The first-order valence-electron chi connectivity index (χ1n) is 28.8. The smallest absolute Gasteiger partial charge is 0.306 e. The van der Waals surface area contributed by atoms with Gasteiger partial charge in [-0.25, -0.2) is 0 Å². The number of unbranched alkanes of at least 4 members (excludes halogenated alkanes) is 27. The highest BCUT2D eigenvalue weighted by Crippen LogP contribution is 2.26. The Kier molecular flexibility index (Phi) is 44.8.